The molecule has 13 heteroatoms. The van der Waals surface area contributed by atoms with Crippen LogP contribution in [-0.4, -0.2) is 19.6 Å². The lowest BCUT2D eigenvalue weighted by atomic mass is 10.2. The number of rotatable bonds is 6. The average Bonchev–Trinajstić information content (AvgIpc) is 2.15. The van der Waals surface area contributed by atoms with Crippen molar-refractivity contribution in [2.24, 2.45) is 0 Å². The molecule has 0 amide bonds. The maximum Gasteiger partial charge on any atom is 0.536 e. The minimum Gasteiger partial charge on any atom is -0.404 e. The van der Waals surface area contributed by atoms with Crippen molar-refractivity contribution in [1.82, 2.24) is 0 Å². The van der Waals surface area contributed by atoms with Crippen LogP contribution in [0.1, 0.15) is 5.56 Å². The van der Waals surface area contributed by atoms with Crippen LogP contribution in [0.4, 0.5) is 0 Å². The van der Waals surface area contributed by atoms with Gasteiger partial charge in [0.05, 0.1) is 0 Å². The Hall–Kier alpha value is -0.530. The Morgan fingerprint density at radius 2 is 1.45 bits per heavy atom. The van der Waals surface area contributed by atoms with Gasteiger partial charge in [-0.15, -0.1) is 0 Å². The summed E-state index contributed by atoms with van der Waals surface area (Å²) in [6.45, 7) is 1.53. The summed E-state index contributed by atoms with van der Waals surface area (Å²) in [5.74, 6) is -0.116. The third kappa shape index (κ3) is 6.28. The first-order valence-electron chi connectivity index (χ1n) is 4.79. The van der Waals surface area contributed by atoms with Crippen LogP contribution in [-0.2, 0) is 22.3 Å². The maximum absolute atomic E-state index is 11.5. The molecule has 2 atom stereocenters. The highest BCUT2D eigenvalue weighted by molar-refractivity contribution is 7.66. The standard InChI is InChI=1S/C7H11O10P3/c1-6-4-2-3-5-7(6)15-19(11,12)17-20(13,14)16-18(8,9)10/h2-5H,1H3,(H,11,12)(H,13,14)(H2,8,9,10). The van der Waals surface area contributed by atoms with E-state index in [2.05, 4.69) is 13.1 Å². The second-order valence-electron chi connectivity index (χ2n) is 3.45. The van der Waals surface area contributed by atoms with E-state index in [9.17, 15) is 18.6 Å². The highest BCUT2D eigenvalue weighted by atomic mass is 31.3. The zero-order valence-electron chi connectivity index (χ0n) is 9.89. The lowest BCUT2D eigenvalue weighted by Gasteiger charge is -2.17. The quantitative estimate of drug-likeness (QED) is 0.557. The van der Waals surface area contributed by atoms with E-state index in [1.165, 1.54) is 25.1 Å². The lowest BCUT2D eigenvalue weighted by molar-refractivity contribution is 0.206. The average molecular weight is 348 g/mol. The van der Waals surface area contributed by atoms with Gasteiger partial charge in [0.25, 0.3) is 0 Å². The van der Waals surface area contributed by atoms with Gasteiger partial charge in [0.1, 0.15) is 5.75 Å². The summed E-state index contributed by atoms with van der Waals surface area (Å²) in [7, 11) is -16.0. The predicted molar refractivity (Wildman–Crippen MR) is 65.7 cm³/mol. The molecule has 1 aromatic rings. The third-order valence-electron chi connectivity index (χ3n) is 1.72. The zero-order valence-corrected chi connectivity index (χ0v) is 12.6. The van der Waals surface area contributed by atoms with Crippen molar-refractivity contribution in [1.29, 1.82) is 0 Å². The van der Waals surface area contributed by atoms with Crippen molar-refractivity contribution in [2.45, 2.75) is 6.92 Å². The summed E-state index contributed by atoms with van der Waals surface area (Å²) in [5.41, 5.74) is 0.425. The van der Waals surface area contributed by atoms with Crippen molar-refractivity contribution in [3.63, 3.8) is 0 Å². The molecule has 1 rings (SSSR count). The highest BCUT2D eigenvalue weighted by Crippen LogP contribution is 2.66. The van der Waals surface area contributed by atoms with Gasteiger partial charge in [-0.25, -0.2) is 13.7 Å². The summed E-state index contributed by atoms with van der Waals surface area (Å²) in [5, 5.41) is 0. The third-order valence-corrected chi connectivity index (χ3v) is 5.48. The Kier molecular flexibility index (Phi) is 5.32. The fourth-order valence-electron chi connectivity index (χ4n) is 1.08. The second-order valence-corrected chi connectivity index (χ2v) is 7.79. The van der Waals surface area contributed by atoms with Crippen molar-refractivity contribution < 1.29 is 46.4 Å². The number of hydrogen-bond donors (Lipinski definition) is 4. The SMILES string of the molecule is Cc1ccccc1OP(=O)(O)OP(=O)(O)OP(=O)(O)O. The molecular weight excluding hydrogens is 337 g/mol. The number of phosphoric acid groups is 3. The van der Waals surface area contributed by atoms with Crippen LogP contribution in [0.25, 0.3) is 0 Å². The molecule has 1 aromatic carbocycles. The molecule has 0 saturated heterocycles. The highest BCUT2D eigenvalue weighted by Gasteiger charge is 2.41. The molecule has 0 aliphatic carbocycles. The van der Waals surface area contributed by atoms with Crippen molar-refractivity contribution in [3.8, 4) is 5.75 Å². The van der Waals surface area contributed by atoms with Crippen LogP contribution in [0.5, 0.6) is 5.75 Å². The Morgan fingerprint density at radius 3 is 1.95 bits per heavy atom. The van der Waals surface area contributed by atoms with E-state index in [-0.39, 0.29) is 5.75 Å². The van der Waals surface area contributed by atoms with Crippen molar-refractivity contribution >= 4 is 23.5 Å². The second kappa shape index (κ2) is 6.07. The smallest absolute Gasteiger partial charge is 0.404 e. The van der Waals surface area contributed by atoms with Crippen LogP contribution < -0.4 is 4.52 Å². The predicted octanol–water partition coefficient (Wildman–Crippen LogP) is 1.70. The fraction of sp³-hybridized carbons (Fsp3) is 0.143. The fourth-order valence-corrected chi connectivity index (χ4v) is 4.17. The van der Waals surface area contributed by atoms with Crippen LogP contribution in [0.15, 0.2) is 24.3 Å². The minimum absolute atomic E-state index is 0.116. The molecule has 0 heterocycles. The van der Waals surface area contributed by atoms with Gasteiger partial charge in [-0.1, -0.05) is 18.2 Å². The van der Waals surface area contributed by atoms with E-state index in [0.29, 0.717) is 5.56 Å². The molecule has 0 aliphatic rings. The van der Waals surface area contributed by atoms with E-state index in [1.54, 1.807) is 6.07 Å². The first-order chi connectivity index (χ1) is 8.90. The molecule has 0 aliphatic heterocycles. The van der Waals surface area contributed by atoms with Gasteiger partial charge < -0.3 is 19.2 Å². The van der Waals surface area contributed by atoms with Crippen LogP contribution in [0, 0.1) is 6.92 Å². The number of aryl methyl sites for hydroxylation is 1. The van der Waals surface area contributed by atoms with Gasteiger partial charge in [0.15, 0.2) is 0 Å². The minimum atomic E-state index is -5.49. The van der Waals surface area contributed by atoms with Crippen molar-refractivity contribution in [2.75, 3.05) is 0 Å². The Labute approximate surface area is 113 Å². The molecule has 0 bridgehead atoms. The Morgan fingerprint density at radius 1 is 0.900 bits per heavy atom. The van der Waals surface area contributed by atoms with Gasteiger partial charge in [0, 0.05) is 0 Å². The molecule has 0 radical (unpaired) electrons. The summed E-state index contributed by atoms with van der Waals surface area (Å²) in [4.78, 5) is 34.9. The molecule has 20 heavy (non-hydrogen) atoms. The normalized spacial score (nSPS) is 18.1. The largest absolute Gasteiger partial charge is 0.536 e. The van der Waals surface area contributed by atoms with Crippen LogP contribution in [0.2, 0.25) is 0 Å². The van der Waals surface area contributed by atoms with E-state index in [4.69, 9.17) is 14.7 Å². The van der Waals surface area contributed by atoms with Gasteiger partial charge in [-0.05, 0) is 18.6 Å². The summed E-state index contributed by atoms with van der Waals surface area (Å²) in [6.07, 6.45) is 0. The first-order valence-corrected chi connectivity index (χ1v) is 9.31. The Bertz CT molecular complexity index is 621. The molecule has 0 saturated carbocycles. The van der Waals surface area contributed by atoms with Gasteiger partial charge in [0.2, 0.25) is 0 Å². The summed E-state index contributed by atoms with van der Waals surface area (Å²) >= 11 is 0. The zero-order chi connectivity index (χ0) is 15.6. The molecular formula is C7H11O10P3. The number of para-hydroxylation sites is 1. The molecule has 10 nitrogen and oxygen atoms in total. The Balaban J connectivity index is 2.86. The lowest BCUT2D eigenvalue weighted by Crippen LogP contribution is -1.99. The number of hydrogen-bond acceptors (Lipinski definition) is 6. The van der Waals surface area contributed by atoms with E-state index < -0.39 is 23.5 Å². The first kappa shape index (κ1) is 17.5. The molecule has 0 aromatic heterocycles. The molecule has 2 unspecified atom stereocenters. The molecule has 4 N–H and O–H groups in total. The van der Waals surface area contributed by atoms with E-state index in [1.807, 2.05) is 0 Å². The van der Waals surface area contributed by atoms with Crippen LogP contribution >= 0.6 is 23.5 Å². The summed E-state index contributed by atoms with van der Waals surface area (Å²) < 4.78 is 44.6. The van der Waals surface area contributed by atoms with Gasteiger partial charge >= 0.3 is 23.5 Å². The summed E-state index contributed by atoms with van der Waals surface area (Å²) in [6, 6.07) is 5.89. The number of benzene rings is 1. The molecule has 0 fully saturated rings. The van der Waals surface area contributed by atoms with Crippen molar-refractivity contribution in [3.05, 3.63) is 29.8 Å². The van der Waals surface area contributed by atoms with E-state index >= 15 is 0 Å². The number of phosphoric ester groups is 1. The monoisotopic (exact) mass is 348 g/mol. The molecule has 0 spiro atoms. The maximum atomic E-state index is 11.5. The van der Waals surface area contributed by atoms with Crippen LogP contribution in [0.3, 0.4) is 0 Å². The van der Waals surface area contributed by atoms with Gasteiger partial charge in [-0.3, -0.25) is 4.89 Å². The van der Waals surface area contributed by atoms with E-state index in [0.717, 1.165) is 0 Å². The molecule has 114 valence electrons. The topological polar surface area (TPSA) is 160 Å². The van der Waals surface area contributed by atoms with Gasteiger partial charge in [-0.2, -0.15) is 8.62 Å².